The van der Waals surface area contributed by atoms with Crippen molar-refractivity contribution in [3.63, 3.8) is 0 Å². The van der Waals surface area contributed by atoms with E-state index < -0.39 is 6.85 Å². The average Bonchev–Trinajstić information content (AvgIpc) is 0.819. The molecule has 0 radical (unpaired) electrons. The predicted octanol–water partition coefficient (Wildman–Crippen LogP) is 30.9. The van der Waals surface area contributed by atoms with Crippen LogP contribution in [0, 0.1) is 82.2 Å². The zero-order chi connectivity index (χ0) is 96.7. The van der Waals surface area contributed by atoms with Gasteiger partial charge in [-0.3, -0.25) is 0 Å². The van der Waals surface area contributed by atoms with Crippen LogP contribution in [-0.4, -0.2) is 44.9 Å². The number of nitrogens with zero attached hydrogens (tertiary/aromatic N) is 9. The van der Waals surface area contributed by atoms with Crippen LogP contribution in [0.1, 0.15) is 64.3 Å². The molecule has 12 aromatic carbocycles. The number of aryl methyl sites for hydroxylation is 7. The van der Waals surface area contributed by atoms with Crippen LogP contribution in [0.4, 0.5) is 0 Å². The van der Waals surface area contributed by atoms with E-state index in [1.165, 1.54) is 56.1 Å². The van der Waals surface area contributed by atoms with Gasteiger partial charge >= 0.3 is 60.3 Å². The van der Waals surface area contributed by atoms with E-state index in [0.29, 0.717) is 5.69 Å². The van der Waals surface area contributed by atoms with Gasteiger partial charge in [0, 0.05) is 74.6 Å². The molecule has 9 heterocycles. The van der Waals surface area contributed by atoms with Crippen molar-refractivity contribution in [1.82, 2.24) is 44.9 Å². The molecule has 0 aliphatic rings. The zero-order valence-corrected chi connectivity index (χ0v) is 85.3. The summed E-state index contributed by atoms with van der Waals surface area (Å²) in [6.07, 6.45) is 12.5. The van der Waals surface area contributed by atoms with Crippen LogP contribution in [0.3, 0.4) is 0 Å². The maximum atomic E-state index is 7.29. The molecule has 0 unspecified atom stereocenters. The van der Waals surface area contributed by atoms with Crippen molar-refractivity contribution in [2.75, 3.05) is 0 Å². The summed E-state index contributed by atoms with van der Waals surface area (Å²) in [4.78, 5) is 39.6. The Labute approximate surface area is 866 Å². The minimum absolute atomic E-state index is 0. The Morgan fingerprint density at radius 1 is 0.201 bits per heavy atom. The summed E-state index contributed by atoms with van der Waals surface area (Å²) in [5.41, 5.74) is 32.1. The fraction of sp³-hybridized carbons (Fsp3) is 0.0787. The SMILES string of the molecule is CCc1cc(-c2[c-]cccc2)ncc1-c1ccccc1.CCc1cc(-c2[c-]cccc2)ncc1-c1ccccc1.CCc1cc(-c2[c-]cccc2)ncc1-c1ccccc1.Cc1cccc(-c2[c-]cccc2)n1.Cc1cccc(-c2[c-]cccc2)n1.Cc1cccc(-c2[c-]cccc2)n1.[2H]C([2H])([2H])c1cccc(-c2[c-]cccc2)n1.[Ir+3].[Ir+3].[Ir+3].[c-]1ccccc1-c1ccccn1.[c-]1ccccc1-c1ccccn1. The van der Waals surface area contributed by atoms with Gasteiger partial charge in [0.05, 0.1) is 0 Å². The monoisotopic (exact) mass is 2340 g/mol. The summed E-state index contributed by atoms with van der Waals surface area (Å²) in [7, 11) is 0. The normalized spacial score (nSPS) is 10.3. The molecule has 0 bridgehead atoms. The maximum Gasteiger partial charge on any atom is 3.00 e. The maximum absolute atomic E-state index is 7.29. The Morgan fingerprint density at radius 2 is 0.403 bits per heavy atom. The second-order valence-electron chi connectivity index (χ2n) is 30.7. The molecule has 0 saturated heterocycles. The molecule has 0 aliphatic heterocycles. The van der Waals surface area contributed by atoms with Gasteiger partial charge in [-0.05, 0) is 168 Å². The van der Waals surface area contributed by atoms with Gasteiger partial charge in [-0.15, -0.1) is 323 Å². The Morgan fingerprint density at radius 3 is 0.604 bits per heavy atom. The number of hydrogen-bond donors (Lipinski definition) is 0. The predicted molar refractivity (Wildman–Crippen MR) is 560 cm³/mol. The smallest absolute Gasteiger partial charge is 0.305 e. The number of benzene rings is 12. The molecular weight excluding hydrogens is 2230 g/mol. The molecule has 9 aromatic heterocycles. The first kappa shape index (κ1) is 101. The summed E-state index contributed by atoms with van der Waals surface area (Å²) in [5, 5.41) is 0. The van der Waals surface area contributed by atoms with Crippen molar-refractivity contribution >= 4 is 0 Å². The Hall–Kier alpha value is -15.1. The quantitative estimate of drug-likeness (QED) is 0.0925. The number of hydrogen-bond acceptors (Lipinski definition) is 9. The topological polar surface area (TPSA) is 116 Å². The van der Waals surface area contributed by atoms with Gasteiger partial charge in [0.25, 0.3) is 0 Å². The van der Waals surface area contributed by atoms with Gasteiger partial charge in [-0.1, -0.05) is 203 Å². The largest absolute Gasteiger partial charge is 3.00 e. The summed E-state index contributed by atoms with van der Waals surface area (Å²) in [5.74, 6) is 0. The molecule has 0 saturated carbocycles. The molecule has 684 valence electrons. The molecule has 0 amide bonds. The van der Waals surface area contributed by atoms with E-state index in [1.54, 1.807) is 30.6 Å². The molecule has 9 nitrogen and oxygen atoms in total. The van der Waals surface area contributed by atoms with E-state index in [4.69, 9.17) is 4.11 Å². The summed E-state index contributed by atoms with van der Waals surface area (Å²) < 4.78 is 21.9. The first-order valence-corrected chi connectivity index (χ1v) is 45.2. The van der Waals surface area contributed by atoms with Gasteiger partial charge in [0.1, 0.15) is 0 Å². The first-order chi connectivity index (χ1) is 68.2. The molecule has 0 spiro atoms. The van der Waals surface area contributed by atoms with Crippen LogP contribution in [0.2, 0.25) is 0 Å². The van der Waals surface area contributed by atoms with Crippen molar-refractivity contribution in [3.05, 3.63) is 562 Å². The average molecular weight is 2340 g/mol. The minimum atomic E-state index is -2.16. The van der Waals surface area contributed by atoms with Crippen LogP contribution in [0.15, 0.2) is 468 Å². The van der Waals surface area contributed by atoms with Gasteiger partial charge in [-0.25, -0.2) is 0 Å². The molecule has 0 N–H and O–H groups in total. The number of aromatic nitrogens is 9. The summed E-state index contributed by atoms with van der Waals surface area (Å²) >= 11 is 0. The van der Waals surface area contributed by atoms with E-state index in [1.807, 2.05) is 361 Å². The van der Waals surface area contributed by atoms with Crippen molar-refractivity contribution < 1.29 is 64.4 Å². The van der Waals surface area contributed by atoms with Crippen molar-refractivity contribution in [2.45, 2.75) is 67.7 Å². The third-order valence-corrected chi connectivity index (χ3v) is 21.0. The molecule has 21 aromatic rings. The Bertz CT molecular complexity index is 6500. The Kier molecular flexibility index (Phi) is 43.1. The molecule has 12 heteroatoms. The number of pyridine rings is 9. The standard InChI is InChI=1S/3C19H16N.4C12H10N.2C11H8N.3Ir/c3*1-2-15-13-19(17-11-7-4-8-12-17)20-14-18(15)16-9-5-3-6-10-16;4*1-10-6-5-9-12(13-10)11-7-3-2-4-8-11;2*1-2-6-10(7-3-1)11-8-4-5-9-12-11;;;/h3*3-11,13-14H,2H2,1H3;4*2-7,9H,1H3;2*1-6,8-9H;;;/q9*-1;3*+3/i;;;1D3;;;;;;;;. The summed E-state index contributed by atoms with van der Waals surface area (Å²) in [6.45, 7) is 10.4. The first-order valence-electron chi connectivity index (χ1n) is 46.7. The second-order valence-corrected chi connectivity index (χ2v) is 30.7. The fourth-order valence-corrected chi connectivity index (χ4v) is 14.1. The third kappa shape index (κ3) is 34.0. The van der Waals surface area contributed by atoms with Gasteiger partial charge < -0.3 is 44.9 Å². The second kappa shape index (κ2) is 59.1. The van der Waals surface area contributed by atoms with E-state index in [-0.39, 0.29) is 66.0 Å². The van der Waals surface area contributed by atoms with Crippen molar-refractivity contribution in [1.29, 1.82) is 0 Å². The van der Waals surface area contributed by atoms with Crippen molar-refractivity contribution in [3.8, 4) is 135 Å². The van der Waals surface area contributed by atoms with Crippen LogP contribution < -0.4 is 0 Å². The molecule has 0 fully saturated rings. The van der Waals surface area contributed by atoms with Crippen LogP contribution in [0.25, 0.3) is 135 Å². The Balaban J connectivity index is 0.000000165. The van der Waals surface area contributed by atoms with Crippen molar-refractivity contribution in [2.24, 2.45) is 0 Å². The van der Waals surface area contributed by atoms with E-state index >= 15 is 0 Å². The van der Waals surface area contributed by atoms with Crippen LogP contribution >= 0.6 is 0 Å². The third-order valence-electron chi connectivity index (χ3n) is 21.0. The van der Waals surface area contributed by atoms with E-state index in [2.05, 4.69) is 211 Å². The molecule has 139 heavy (non-hydrogen) atoms. The van der Waals surface area contributed by atoms with Crippen LogP contribution in [0.5, 0.6) is 0 Å². The van der Waals surface area contributed by atoms with Crippen LogP contribution in [-0.2, 0) is 79.6 Å². The number of rotatable bonds is 15. The van der Waals surface area contributed by atoms with Gasteiger partial charge in [0.15, 0.2) is 0 Å². The van der Waals surface area contributed by atoms with E-state index in [9.17, 15) is 0 Å². The van der Waals surface area contributed by atoms with Gasteiger partial charge in [-0.2, -0.15) is 0 Å². The van der Waals surface area contributed by atoms with E-state index in [0.717, 1.165) is 132 Å². The summed E-state index contributed by atoms with van der Waals surface area (Å²) in [6, 6.07) is 171. The molecule has 0 aliphatic carbocycles. The molecule has 21 rings (SSSR count). The minimum Gasteiger partial charge on any atom is -0.305 e. The molecule has 0 atom stereocenters. The van der Waals surface area contributed by atoms with Gasteiger partial charge in [0.2, 0.25) is 0 Å². The zero-order valence-electron chi connectivity index (χ0n) is 81.1. The fourth-order valence-electron chi connectivity index (χ4n) is 14.1. The molecular formula is C127H104Ir3N9.